The Morgan fingerprint density at radius 3 is 2.58 bits per heavy atom. The van der Waals surface area contributed by atoms with Gasteiger partial charge in [0.15, 0.2) is 0 Å². The predicted octanol–water partition coefficient (Wildman–Crippen LogP) is 1.86. The van der Waals surface area contributed by atoms with Gasteiger partial charge >= 0.3 is 0 Å². The molecule has 1 rings (SSSR count). The molecule has 62 valence electrons. The first kappa shape index (κ1) is 8.76. The van der Waals surface area contributed by atoms with Crippen LogP contribution in [0.3, 0.4) is 0 Å². The standard InChI is InChI=1S/C10H12N2/c1-2-12-10(8-11)9-6-4-3-5-7-9/h3-7,10,12H,2H2,1H3. The molecular formula is C10H12N2. The largest absolute Gasteiger partial charge is 0.298 e. The van der Waals surface area contributed by atoms with Crippen LogP contribution in [0.4, 0.5) is 0 Å². The molecule has 0 amide bonds. The SMILES string of the molecule is CCNC(C#N)c1ccccc1. The molecule has 1 aromatic carbocycles. The van der Waals surface area contributed by atoms with E-state index >= 15 is 0 Å². The molecule has 2 heteroatoms. The van der Waals surface area contributed by atoms with Crippen LogP contribution in [-0.2, 0) is 0 Å². The number of nitrogens with zero attached hydrogens (tertiary/aromatic N) is 1. The first-order valence-corrected chi connectivity index (χ1v) is 4.06. The lowest BCUT2D eigenvalue weighted by Crippen LogP contribution is -2.18. The zero-order valence-corrected chi connectivity index (χ0v) is 7.12. The highest BCUT2D eigenvalue weighted by Gasteiger charge is 2.05. The maximum atomic E-state index is 8.80. The monoisotopic (exact) mass is 160 g/mol. The zero-order valence-electron chi connectivity index (χ0n) is 7.12. The Morgan fingerprint density at radius 1 is 1.42 bits per heavy atom. The molecule has 0 spiro atoms. The molecule has 0 radical (unpaired) electrons. The summed E-state index contributed by atoms with van der Waals surface area (Å²) in [7, 11) is 0. The highest BCUT2D eigenvalue weighted by molar-refractivity contribution is 5.23. The van der Waals surface area contributed by atoms with Gasteiger partial charge in [0.1, 0.15) is 6.04 Å². The molecule has 0 aliphatic rings. The van der Waals surface area contributed by atoms with Crippen LogP contribution in [0.1, 0.15) is 18.5 Å². The molecule has 1 N–H and O–H groups in total. The molecule has 1 atom stereocenters. The van der Waals surface area contributed by atoms with Gasteiger partial charge in [-0.1, -0.05) is 37.3 Å². The smallest absolute Gasteiger partial charge is 0.121 e. The van der Waals surface area contributed by atoms with Gasteiger partial charge in [0.25, 0.3) is 0 Å². The van der Waals surface area contributed by atoms with E-state index in [9.17, 15) is 0 Å². The van der Waals surface area contributed by atoms with Gasteiger partial charge in [0, 0.05) is 0 Å². The van der Waals surface area contributed by atoms with Crippen LogP contribution in [0.2, 0.25) is 0 Å². The van der Waals surface area contributed by atoms with Crippen molar-refractivity contribution in [3.63, 3.8) is 0 Å². The summed E-state index contributed by atoms with van der Waals surface area (Å²) >= 11 is 0. The van der Waals surface area contributed by atoms with Crippen LogP contribution in [-0.4, -0.2) is 6.54 Å². The molecule has 12 heavy (non-hydrogen) atoms. The highest BCUT2D eigenvalue weighted by atomic mass is 14.9. The Hall–Kier alpha value is -1.33. The topological polar surface area (TPSA) is 35.8 Å². The van der Waals surface area contributed by atoms with Crippen LogP contribution in [0.15, 0.2) is 30.3 Å². The van der Waals surface area contributed by atoms with Crippen LogP contribution in [0.25, 0.3) is 0 Å². The van der Waals surface area contributed by atoms with Gasteiger partial charge < -0.3 is 0 Å². The minimum atomic E-state index is -0.170. The van der Waals surface area contributed by atoms with E-state index in [1.54, 1.807) is 0 Å². The van der Waals surface area contributed by atoms with E-state index in [1.807, 2.05) is 37.3 Å². The van der Waals surface area contributed by atoms with Crippen molar-refractivity contribution >= 4 is 0 Å². The summed E-state index contributed by atoms with van der Waals surface area (Å²) in [5, 5.41) is 11.9. The number of nitriles is 1. The average molecular weight is 160 g/mol. The predicted molar refractivity (Wildman–Crippen MR) is 48.5 cm³/mol. The number of hydrogen-bond donors (Lipinski definition) is 1. The summed E-state index contributed by atoms with van der Waals surface area (Å²) in [5.74, 6) is 0. The Morgan fingerprint density at radius 2 is 2.08 bits per heavy atom. The Kier molecular flexibility index (Phi) is 3.31. The first-order chi connectivity index (χ1) is 5.88. The lowest BCUT2D eigenvalue weighted by Gasteiger charge is -2.08. The van der Waals surface area contributed by atoms with E-state index in [4.69, 9.17) is 5.26 Å². The van der Waals surface area contributed by atoms with E-state index < -0.39 is 0 Å². The quantitative estimate of drug-likeness (QED) is 0.732. The Bertz CT molecular complexity index is 261. The average Bonchev–Trinajstić information content (AvgIpc) is 2.15. The summed E-state index contributed by atoms with van der Waals surface area (Å²) in [6.45, 7) is 2.81. The fourth-order valence-corrected chi connectivity index (χ4v) is 1.09. The number of rotatable bonds is 3. The third-order valence-electron chi connectivity index (χ3n) is 1.67. The second kappa shape index (κ2) is 4.53. The fraction of sp³-hybridized carbons (Fsp3) is 0.300. The normalized spacial score (nSPS) is 12.0. The van der Waals surface area contributed by atoms with Gasteiger partial charge in [0.05, 0.1) is 6.07 Å². The molecule has 0 fully saturated rings. The Balaban J connectivity index is 2.75. The first-order valence-electron chi connectivity index (χ1n) is 4.06. The third-order valence-corrected chi connectivity index (χ3v) is 1.67. The summed E-state index contributed by atoms with van der Waals surface area (Å²) in [6, 6.07) is 11.8. The van der Waals surface area contributed by atoms with Crippen LogP contribution in [0, 0.1) is 11.3 Å². The number of hydrogen-bond acceptors (Lipinski definition) is 2. The highest BCUT2D eigenvalue weighted by Crippen LogP contribution is 2.09. The summed E-state index contributed by atoms with van der Waals surface area (Å²) in [4.78, 5) is 0. The molecule has 0 saturated heterocycles. The van der Waals surface area contributed by atoms with Crippen molar-refractivity contribution in [2.24, 2.45) is 0 Å². The van der Waals surface area contributed by atoms with E-state index in [0.29, 0.717) is 0 Å². The summed E-state index contributed by atoms with van der Waals surface area (Å²) in [5.41, 5.74) is 1.03. The second-order valence-corrected chi connectivity index (χ2v) is 2.53. The van der Waals surface area contributed by atoms with Crippen molar-refractivity contribution in [1.29, 1.82) is 5.26 Å². The maximum absolute atomic E-state index is 8.80. The van der Waals surface area contributed by atoms with Crippen molar-refractivity contribution in [3.05, 3.63) is 35.9 Å². The van der Waals surface area contributed by atoms with Gasteiger partial charge in [0.2, 0.25) is 0 Å². The molecule has 1 unspecified atom stereocenters. The van der Waals surface area contributed by atoms with Gasteiger partial charge in [-0.05, 0) is 12.1 Å². The molecule has 0 aromatic heterocycles. The molecule has 0 aliphatic heterocycles. The maximum Gasteiger partial charge on any atom is 0.121 e. The van der Waals surface area contributed by atoms with E-state index in [2.05, 4.69) is 11.4 Å². The number of nitrogens with one attached hydrogen (secondary N) is 1. The second-order valence-electron chi connectivity index (χ2n) is 2.53. The lowest BCUT2D eigenvalue weighted by atomic mass is 10.1. The van der Waals surface area contributed by atoms with Crippen LogP contribution >= 0.6 is 0 Å². The van der Waals surface area contributed by atoms with Gasteiger partial charge in [-0.2, -0.15) is 5.26 Å². The van der Waals surface area contributed by atoms with Crippen molar-refractivity contribution in [1.82, 2.24) is 5.32 Å². The van der Waals surface area contributed by atoms with Crippen molar-refractivity contribution < 1.29 is 0 Å². The molecule has 0 saturated carbocycles. The van der Waals surface area contributed by atoms with E-state index in [1.165, 1.54) is 0 Å². The van der Waals surface area contributed by atoms with Crippen LogP contribution in [0.5, 0.6) is 0 Å². The molecule has 1 aromatic rings. The molecule has 0 aliphatic carbocycles. The van der Waals surface area contributed by atoms with E-state index in [0.717, 1.165) is 12.1 Å². The van der Waals surface area contributed by atoms with E-state index in [-0.39, 0.29) is 6.04 Å². The lowest BCUT2D eigenvalue weighted by molar-refractivity contribution is 0.658. The molecular weight excluding hydrogens is 148 g/mol. The minimum Gasteiger partial charge on any atom is -0.298 e. The third kappa shape index (κ3) is 2.08. The minimum absolute atomic E-state index is 0.170. The summed E-state index contributed by atoms with van der Waals surface area (Å²) < 4.78 is 0. The van der Waals surface area contributed by atoms with Crippen molar-refractivity contribution in [3.8, 4) is 6.07 Å². The molecule has 0 heterocycles. The summed E-state index contributed by atoms with van der Waals surface area (Å²) in [6.07, 6.45) is 0. The van der Waals surface area contributed by atoms with Crippen molar-refractivity contribution in [2.45, 2.75) is 13.0 Å². The van der Waals surface area contributed by atoms with Gasteiger partial charge in [-0.25, -0.2) is 0 Å². The number of benzene rings is 1. The molecule has 0 bridgehead atoms. The van der Waals surface area contributed by atoms with Crippen molar-refractivity contribution in [2.75, 3.05) is 6.54 Å². The van der Waals surface area contributed by atoms with Gasteiger partial charge in [-0.3, -0.25) is 5.32 Å². The van der Waals surface area contributed by atoms with Crippen LogP contribution < -0.4 is 5.32 Å². The fourth-order valence-electron chi connectivity index (χ4n) is 1.09. The zero-order chi connectivity index (χ0) is 8.81. The Labute approximate surface area is 72.8 Å². The molecule has 2 nitrogen and oxygen atoms in total. The van der Waals surface area contributed by atoms with Gasteiger partial charge in [-0.15, -0.1) is 0 Å².